The van der Waals surface area contributed by atoms with E-state index in [1.165, 1.54) is 11.3 Å². The molecule has 8 heteroatoms. The molecule has 0 amide bonds. The van der Waals surface area contributed by atoms with E-state index < -0.39 is 6.23 Å². The standard InChI is InChI=1S/C22H21N3O4S/c26-19(13-7-11-28-12-8-13)20-18(17-5-2-10-29-17)24-22(30-20)25-21(27)15-3-1-4-16-14(15)6-9-23-16/h1-6,9-10,13,21,23,27H,7-8,11-12H2,(H,24,25). The van der Waals surface area contributed by atoms with Gasteiger partial charge in [-0.15, -0.1) is 0 Å². The van der Waals surface area contributed by atoms with Gasteiger partial charge in [-0.1, -0.05) is 23.5 Å². The third kappa shape index (κ3) is 3.54. The summed E-state index contributed by atoms with van der Waals surface area (Å²) in [6.07, 6.45) is 3.84. The molecule has 0 radical (unpaired) electrons. The van der Waals surface area contributed by atoms with Crippen LogP contribution in [0.5, 0.6) is 0 Å². The number of hydrogen-bond acceptors (Lipinski definition) is 7. The van der Waals surface area contributed by atoms with Crippen LogP contribution in [0.3, 0.4) is 0 Å². The van der Waals surface area contributed by atoms with Crippen molar-refractivity contribution in [3.63, 3.8) is 0 Å². The molecule has 1 aromatic carbocycles. The van der Waals surface area contributed by atoms with Crippen LogP contribution in [0, 0.1) is 5.92 Å². The number of rotatable bonds is 6. The molecule has 0 aliphatic carbocycles. The Morgan fingerprint density at radius 2 is 2.10 bits per heavy atom. The number of H-pyrrole nitrogens is 1. The molecule has 1 atom stereocenters. The number of anilines is 1. The number of aromatic amines is 1. The number of benzene rings is 1. The number of ether oxygens (including phenoxy) is 1. The normalized spacial score (nSPS) is 16.0. The van der Waals surface area contributed by atoms with Gasteiger partial charge in [-0.05, 0) is 37.1 Å². The Morgan fingerprint density at radius 1 is 1.23 bits per heavy atom. The number of fused-ring (bicyclic) bond motifs is 1. The highest BCUT2D eigenvalue weighted by atomic mass is 32.1. The van der Waals surface area contributed by atoms with Crippen LogP contribution in [0.2, 0.25) is 0 Å². The summed E-state index contributed by atoms with van der Waals surface area (Å²) in [4.78, 5) is 21.5. The average Bonchev–Trinajstić information content (AvgIpc) is 3.53. The van der Waals surface area contributed by atoms with Crippen molar-refractivity contribution < 1.29 is 19.1 Å². The molecule has 1 saturated heterocycles. The zero-order valence-electron chi connectivity index (χ0n) is 16.1. The van der Waals surface area contributed by atoms with Crippen molar-refractivity contribution >= 4 is 33.2 Å². The molecule has 0 spiro atoms. The van der Waals surface area contributed by atoms with E-state index in [4.69, 9.17) is 9.15 Å². The van der Waals surface area contributed by atoms with E-state index in [-0.39, 0.29) is 11.7 Å². The summed E-state index contributed by atoms with van der Waals surface area (Å²) < 4.78 is 10.9. The van der Waals surface area contributed by atoms with Gasteiger partial charge in [0.25, 0.3) is 0 Å². The van der Waals surface area contributed by atoms with E-state index in [1.54, 1.807) is 18.4 Å². The highest BCUT2D eigenvalue weighted by Crippen LogP contribution is 2.36. The first-order valence-corrected chi connectivity index (χ1v) is 10.7. The first-order valence-electron chi connectivity index (χ1n) is 9.88. The number of carbonyl (C=O) groups is 1. The monoisotopic (exact) mass is 423 g/mol. The molecule has 4 heterocycles. The maximum atomic E-state index is 13.2. The quantitative estimate of drug-likeness (QED) is 0.310. The highest BCUT2D eigenvalue weighted by molar-refractivity contribution is 7.18. The highest BCUT2D eigenvalue weighted by Gasteiger charge is 2.29. The Labute approximate surface area is 176 Å². The second-order valence-corrected chi connectivity index (χ2v) is 8.26. The van der Waals surface area contributed by atoms with Gasteiger partial charge in [-0.2, -0.15) is 0 Å². The molecule has 4 aromatic rings. The van der Waals surface area contributed by atoms with Crippen LogP contribution in [0.4, 0.5) is 5.13 Å². The molecule has 1 aliphatic heterocycles. The van der Waals surface area contributed by atoms with Gasteiger partial charge in [0.05, 0.1) is 6.26 Å². The topological polar surface area (TPSA) is 100 Å². The summed E-state index contributed by atoms with van der Waals surface area (Å²) in [5.74, 6) is 0.508. The third-order valence-electron chi connectivity index (χ3n) is 5.38. The Bertz CT molecular complexity index is 1160. The van der Waals surface area contributed by atoms with Crippen LogP contribution in [0.15, 0.2) is 53.3 Å². The van der Waals surface area contributed by atoms with Crippen molar-refractivity contribution in [1.29, 1.82) is 0 Å². The maximum absolute atomic E-state index is 13.2. The second-order valence-electron chi connectivity index (χ2n) is 7.26. The minimum absolute atomic E-state index is 0.0532. The Morgan fingerprint density at radius 3 is 2.90 bits per heavy atom. The number of aliphatic hydroxyl groups excluding tert-OH is 1. The van der Waals surface area contributed by atoms with Gasteiger partial charge in [-0.3, -0.25) is 4.79 Å². The summed E-state index contributed by atoms with van der Waals surface area (Å²) in [7, 11) is 0. The van der Waals surface area contributed by atoms with Gasteiger partial charge < -0.3 is 24.6 Å². The number of hydrogen-bond donors (Lipinski definition) is 3. The Balaban J connectivity index is 1.47. The number of carbonyl (C=O) groups excluding carboxylic acids is 1. The fourth-order valence-corrected chi connectivity index (χ4v) is 4.83. The van der Waals surface area contributed by atoms with Crippen LogP contribution < -0.4 is 5.32 Å². The molecule has 30 heavy (non-hydrogen) atoms. The van der Waals surface area contributed by atoms with Crippen molar-refractivity contribution in [2.45, 2.75) is 19.1 Å². The van der Waals surface area contributed by atoms with E-state index in [2.05, 4.69) is 15.3 Å². The zero-order valence-corrected chi connectivity index (χ0v) is 16.9. The summed E-state index contributed by atoms with van der Waals surface area (Å²) >= 11 is 1.25. The molecule has 0 saturated carbocycles. The lowest BCUT2D eigenvalue weighted by molar-refractivity contribution is 0.0547. The van der Waals surface area contributed by atoms with Crippen LogP contribution in [0.1, 0.15) is 34.3 Å². The molecule has 1 fully saturated rings. The summed E-state index contributed by atoms with van der Waals surface area (Å²) in [6.45, 7) is 1.19. The Kier molecular flexibility index (Phi) is 5.12. The zero-order chi connectivity index (χ0) is 20.5. The van der Waals surface area contributed by atoms with Gasteiger partial charge in [-0.25, -0.2) is 4.98 Å². The van der Waals surface area contributed by atoms with Crippen molar-refractivity contribution in [1.82, 2.24) is 9.97 Å². The van der Waals surface area contributed by atoms with Crippen molar-refractivity contribution in [2.75, 3.05) is 18.5 Å². The van der Waals surface area contributed by atoms with E-state index in [0.29, 0.717) is 47.5 Å². The molecular formula is C22H21N3O4S. The van der Waals surface area contributed by atoms with Crippen molar-refractivity contribution in [3.8, 4) is 11.5 Å². The molecule has 5 rings (SSSR count). The van der Waals surface area contributed by atoms with Crippen LogP contribution >= 0.6 is 11.3 Å². The maximum Gasteiger partial charge on any atom is 0.186 e. The molecular weight excluding hydrogens is 402 g/mol. The number of aliphatic hydroxyl groups is 1. The molecule has 1 aliphatic rings. The van der Waals surface area contributed by atoms with E-state index >= 15 is 0 Å². The first-order chi connectivity index (χ1) is 14.7. The lowest BCUT2D eigenvalue weighted by Crippen LogP contribution is -2.23. The van der Waals surface area contributed by atoms with E-state index in [1.807, 2.05) is 30.5 Å². The van der Waals surface area contributed by atoms with Crippen molar-refractivity contribution in [3.05, 3.63) is 59.3 Å². The Hall–Kier alpha value is -2.94. The summed E-state index contributed by atoms with van der Waals surface area (Å²) in [5.41, 5.74) is 2.19. The summed E-state index contributed by atoms with van der Waals surface area (Å²) in [5, 5.41) is 15.3. The number of nitrogens with zero attached hydrogens (tertiary/aromatic N) is 1. The molecule has 154 valence electrons. The second kappa shape index (κ2) is 8.06. The van der Waals surface area contributed by atoms with Gasteiger partial charge >= 0.3 is 0 Å². The summed E-state index contributed by atoms with van der Waals surface area (Å²) in [6, 6.07) is 11.2. The van der Waals surface area contributed by atoms with Gasteiger partial charge in [0.2, 0.25) is 0 Å². The van der Waals surface area contributed by atoms with Gasteiger partial charge in [0, 0.05) is 41.8 Å². The predicted molar refractivity (Wildman–Crippen MR) is 115 cm³/mol. The minimum Gasteiger partial charge on any atom is -0.463 e. The molecule has 1 unspecified atom stereocenters. The largest absolute Gasteiger partial charge is 0.463 e. The number of aromatic nitrogens is 2. The van der Waals surface area contributed by atoms with Crippen LogP contribution in [-0.2, 0) is 4.74 Å². The lowest BCUT2D eigenvalue weighted by Gasteiger charge is -2.20. The number of thiazole rings is 1. The first kappa shape index (κ1) is 19.0. The average molecular weight is 423 g/mol. The van der Waals surface area contributed by atoms with E-state index in [0.717, 1.165) is 16.5 Å². The number of nitrogens with one attached hydrogen (secondary N) is 2. The predicted octanol–water partition coefficient (Wildman–Crippen LogP) is 4.60. The van der Waals surface area contributed by atoms with Crippen LogP contribution in [-0.4, -0.2) is 34.1 Å². The molecule has 3 aromatic heterocycles. The molecule has 3 N–H and O–H groups in total. The SMILES string of the molecule is O=C(c1sc(NC(O)c2cccc3[nH]ccc23)nc1-c1ccco1)C1CCOCC1. The van der Waals surface area contributed by atoms with Gasteiger partial charge in [0.15, 0.2) is 22.9 Å². The number of ketones is 1. The molecule has 7 nitrogen and oxygen atoms in total. The van der Waals surface area contributed by atoms with Crippen molar-refractivity contribution in [2.24, 2.45) is 5.92 Å². The fourth-order valence-electron chi connectivity index (χ4n) is 3.82. The number of furan rings is 1. The molecule has 0 bridgehead atoms. The number of Topliss-reactive ketones (excluding diaryl/α,β-unsaturated/α-hetero) is 1. The lowest BCUT2D eigenvalue weighted by atomic mass is 9.94. The van der Waals surface area contributed by atoms with Crippen LogP contribution in [0.25, 0.3) is 22.4 Å². The fraction of sp³-hybridized carbons (Fsp3) is 0.273. The third-order valence-corrected chi connectivity index (χ3v) is 6.38. The minimum atomic E-state index is -0.967. The van der Waals surface area contributed by atoms with E-state index in [9.17, 15) is 9.90 Å². The smallest absolute Gasteiger partial charge is 0.186 e. The van der Waals surface area contributed by atoms with Gasteiger partial charge in [0.1, 0.15) is 10.6 Å².